The summed E-state index contributed by atoms with van der Waals surface area (Å²) < 4.78 is 11.3. The molecule has 0 bridgehead atoms. The number of nitrogens with one attached hydrogen (secondary N) is 2. The summed E-state index contributed by atoms with van der Waals surface area (Å²) in [4.78, 5) is 15.9. The molecule has 22 heavy (non-hydrogen) atoms. The maximum absolute atomic E-state index is 12.5. The van der Waals surface area contributed by atoms with Gasteiger partial charge in [-0.25, -0.2) is 0 Å². The van der Waals surface area contributed by atoms with Gasteiger partial charge in [0.2, 0.25) is 5.91 Å². The molecule has 3 aliphatic heterocycles. The number of H-pyrrole nitrogens is 1. The van der Waals surface area contributed by atoms with Crippen molar-refractivity contribution in [1.29, 1.82) is 0 Å². The molecule has 3 aliphatic rings. The summed E-state index contributed by atoms with van der Waals surface area (Å²) in [5.41, 5.74) is 0.978. The number of carbonyl (C=O) groups is 1. The fourth-order valence-electron chi connectivity index (χ4n) is 3.37. The number of rotatable bonds is 3. The van der Waals surface area contributed by atoms with Crippen molar-refractivity contribution >= 4 is 22.6 Å². The molecule has 1 aromatic rings. The molecule has 2 unspecified atom stereocenters. The van der Waals surface area contributed by atoms with Gasteiger partial charge in [-0.05, 0) is 0 Å². The maximum Gasteiger partial charge on any atom is 0.235 e. The van der Waals surface area contributed by atoms with Gasteiger partial charge in [0.05, 0.1) is 29.8 Å². The highest BCUT2D eigenvalue weighted by molar-refractivity contribution is 8.09. The summed E-state index contributed by atoms with van der Waals surface area (Å²) >= 11 is 1.57. The molecule has 1 aromatic heterocycles. The van der Waals surface area contributed by atoms with E-state index in [1.165, 1.54) is 0 Å². The van der Waals surface area contributed by atoms with Gasteiger partial charge in [0, 0.05) is 32.0 Å². The number of hydrogen-bond acceptors (Lipinski definition) is 6. The van der Waals surface area contributed by atoms with Crippen molar-refractivity contribution in [1.82, 2.24) is 20.4 Å². The van der Waals surface area contributed by atoms with Crippen LogP contribution in [0.25, 0.3) is 4.91 Å². The zero-order valence-corrected chi connectivity index (χ0v) is 13.1. The number of hydrogen-bond donors (Lipinski definition) is 2. The lowest BCUT2D eigenvalue weighted by Crippen LogP contribution is -2.54. The number of aromatic nitrogens is 2. The van der Waals surface area contributed by atoms with Crippen LogP contribution in [0.15, 0.2) is 18.2 Å². The third kappa shape index (κ3) is 2.13. The standard InChI is InChI=1S/C14H18N4O3S/c1-20-7-9-6-15-14(19)13-10-11(21-3-2-18(9)10)12(22-13)8-4-16-17-5-8/h4-5,9-10,13H,2-3,6-7H2,1H3,(H,15,19)(H,16,17)/t9-,10?,13?/m0/s1. The zero-order valence-electron chi connectivity index (χ0n) is 12.2. The second-order valence-corrected chi connectivity index (χ2v) is 6.76. The van der Waals surface area contributed by atoms with Crippen LogP contribution in [-0.2, 0) is 14.3 Å². The Morgan fingerprint density at radius 3 is 3.27 bits per heavy atom. The molecule has 0 radical (unpaired) electrons. The zero-order chi connectivity index (χ0) is 15.1. The van der Waals surface area contributed by atoms with Crippen molar-refractivity contribution in [2.75, 3.05) is 33.4 Å². The second-order valence-electron chi connectivity index (χ2n) is 5.60. The molecule has 2 fully saturated rings. The summed E-state index contributed by atoms with van der Waals surface area (Å²) in [6, 6.07) is 0.151. The van der Waals surface area contributed by atoms with Crippen LogP contribution < -0.4 is 5.32 Å². The maximum atomic E-state index is 12.5. The number of amides is 1. The van der Waals surface area contributed by atoms with E-state index in [0.717, 1.165) is 22.8 Å². The molecule has 0 aromatic carbocycles. The average Bonchev–Trinajstić information content (AvgIpc) is 3.15. The summed E-state index contributed by atoms with van der Waals surface area (Å²) in [6.45, 7) is 2.67. The number of nitrogens with zero attached hydrogens (tertiary/aromatic N) is 2. The SMILES string of the molecule is COC[C@@H]1CNC(=O)C2SC(c3cn[nH]c3)=C3OCCN1C32. The van der Waals surface area contributed by atoms with E-state index in [2.05, 4.69) is 20.4 Å². The van der Waals surface area contributed by atoms with Crippen molar-refractivity contribution in [2.45, 2.75) is 17.3 Å². The molecule has 118 valence electrons. The molecule has 8 heteroatoms. The molecule has 2 N–H and O–H groups in total. The normalized spacial score (nSPS) is 31.5. The minimum absolute atomic E-state index is 0.0219. The van der Waals surface area contributed by atoms with Crippen LogP contribution in [-0.4, -0.2) is 71.8 Å². The van der Waals surface area contributed by atoms with Crippen LogP contribution in [0.2, 0.25) is 0 Å². The van der Waals surface area contributed by atoms with Crippen molar-refractivity contribution in [3.8, 4) is 0 Å². The number of morpholine rings is 1. The minimum Gasteiger partial charge on any atom is -0.494 e. The highest BCUT2D eigenvalue weighted by Gasteiger charge is 2.50. The Kier molecular flexibility index (Phi) is 3.59. The van der Waals surface area contributed by atoms with Gasteiger partial charge in [0.1, 0.15) is 17.6 Å². The van der Waals surface area contributed by atoms with Gasteiger partial charge in [0.25, 0.3) is 0 Å². The molecule has 4 heterocycles. The Bertz CT molecular complexity index is 603. The minimum atomic E-state index is -0.179. The van der Waals surface area contributed by atoms with Gasteiger partial charge < -0.3 is 14.8 Å². The highest BCUT2D eigenvalue weighted by atomic mass is 32.2. The first-order valence-electron chi connectivity index (χ1n) is 7.34. The average molecular weight is 322 g/mol. The summed E-state index contributed by atoms with van der Waals surface area (Å²) in [7, 11) is 1.70. The predicted molar refractivity (Wildman–Crippen MR) is 82.0 cm³/mol. The highest BCUT2D eigenvalue weighted by Crippen LogP contribution is 2.48. The van der Waals surface area contributed by atoms with E-state index in [4.69, 9.17) is 9.47 Å². The quantitative estimate of drug-likeness (QED) is 0.818. The van der Waals surface area contributed by atoms with E-state index < -0.39 is 0 Å². The van der Waals surface area contributed by atoms with Crippen LogP contribution in [0.3, 0.4) is 0 Å². The van der Waals surface area contributed by atoms with Crippen molar-refractivity contribution < 1.29 is 14.3 Å². The second kappa shape index (κ2) is 5.60. The molecule has 0 aliphatic carbocycles. The lowest BCUT2D eigenvalue weighted by Gasteiger charge is -2.39. The number of ether oxygens (including phenoxy) is 2. The van der Waals surface area contributed by atoms with Crippen LogP contribution in [0, 0.1) is 0 Å². The Morgan fingerprint density at radius 2 is 2.50 bits per heavy atom. The van der Waals surface area contributed by atoms with E-state index in [1.54, 1.807) is 25.1 Å². The van der Waals surface area contributed by atoms with Gasteiger partial charge in [-0.1, -0.05) is 0 Å². The van der Waals surface area contributed by atoms with E-state index >= 15 is 0 Å². The lowest BCUT2D eigenvalue weighted by molar-refractivity contribution is -0.120. The first kappa shape index (κ1) is 14.1. The molecule has 4 rings (SSSR count). The first-order chi connectivity index (χ1) is 10.8. The molecular weight excluding hydrogens is 304 g/mol. The number of aromatic amines is 1. The lowest BCUT2D eigenvalue weighted by atomic mass is 10.0. The van der Waals surface area contributed by atoms with Crippen molar-refractivity contribution in [2.24, 2.45) is 0 Å². The monoisotopic (exact) mass is 322 g/mol. The van der Waals surface area contributed by atoms with Gasteiger partial charge >= 0.3 is 0 Å². The van der Waals surface area contributed by atoms with Crippen LogP contribution in [0.4, 0.5) is 0 Å². The Balaban J connectivity index is 1.75. The molecule has 7 nitrogen and oxygen atoms in total. The van der Waals surface area contributed by atoms with Crippen molar-refractivity contribution in [3.63, 3.8) is 0 Å². The topological polar surface area (TPSA) is 79.5 Å². The summed E-state index contributed by atoms with van der Waals surface area (Å²) in [5, 5.41) is 9.70. The van der Waals surface area contributed by atoms with Crippen LogP contribution >= 0.6 is 11.8 Å². The first-order valence-corrected chi connectivity index (χ1v) is 8.22. The molecule has 0 saturated carbocycles. The van der Waals surface area contributed by atoms with Gasteiger partial charge in [-0.2, -0.15) is 5.10 Å². The Morgan fingerprint density at radius 1 is 1.59 bits per heavy atom. The summed E-state index contributed by atoms with van der Waals surface area (Å²) in [6.07, 6.45) is 3.61. The van der Waals surface area contributed by atoms with E-state index in [0.29, 0.717) is 19.8 Å². The van der Waals surface area contributed by atoms with E-state index in [1.807, 2.05) is 6.20 Å². The number of methoxy groups -OCH3 is 1. The third-order valence-corrected chi connectivity index (χ3v) is 5.75. The number of carbonyl (C=O) groups excluding carboxylic acids is 1. The van der Waals surface area contributed by atoms with Gasteiger partial charge in [-0.3, -0.25) is 14.8 Å². The molecule has 0 spiro atoms. The summed E-state index contributed by atoms with van der Waals surface area (Å²) in [5.74, 6) is 0.973. The molecule has 3 atom stereocenters. The Labute approximate surface area is 132 Å². The fourth-order valence-corrected chi connectivity index (χ4v) is 4.77. The van der Waals surface area contributed by atoms with Crippen LogP contribution in [0.5, 0.6) is 0 Å². The fraction of sp³-hybridized carbons (Fsp3) is 0.571. The number of thioether (sulfide) groups is 1. The predicted octanol–water partition coefficient (Wildman–Crippen LogP) is 0.0393. The molecule has 2 saturated heterocycles. The molecular formula is C14H18N4O3S. The third-order valence-electron chi connectivity index (χ3n) is 4.35. The van der Waals surface area contributed by atoms with Crippen molar-refractivity contribution in [3.05, 3.63) is 23.7 Å². The van der Waals surface area contributed by atoms with E-state index in [9.17, 15) is 4.79 Å². The van der Waals surface area contributed by atoms with Gasteiger partial charge in [0.15, 0.2) is 0 Å². The molecule has 1 amide bonds. The largest absolute Gasteiger partial charge is 0.494 e. The van der Waals surface area contributed by atoms with E-state index in [-0.39, 0.29) is 23.2 Å². The van der Waals surface area contributed by atoms with Gasteiger partial charge in [-0.15, -0.1) is 11.8 Å². The smallest absolute Gasteiger partial charge is 0.235 e. The van der Waals surface area contributed by atoms with Crippen LogP contribution in [0.1, 0.15) is 5.56 Å². The Hall–Kier alpha value is -1.51.